The third kappa shape index (κ3) is 44.4. The minimum absolute atomic E-state index is 0.00946. The first-order valence-corrected chi connectivity index (χ1v) is 28.8. The van der Waals surface area contributed by atoms with E-state index in [1.54, 1.807) is 0 Å². The van der Waals surface area contributed by atoms with E-state index < -0.39 is 60.4 Å². The maximum atomic E-state index is 12.3. The number of carbonyl (C=O) groups is 5. The average Bonchev–Trinajstić information content (AvgIpc) is 3.34. The van der Waals surface area contributed by atoms with Crippen LogP contribution in [0.25, 0.3) is 0 Å². The van der Waals surface area contributed by atoms with Crippen LogP contribution in [0.1, 0.15) is 271 Å². The number of carbonyl (C=O) groups excluding carboxylic acids is 3. The summed E-state index contributed by atoms with van der Waals surface area (Å²) in [5.74, 6) is -3.38. The molecule has 0 aliphatic carbocycles. The molecule has 0 fully saturated rings. The van der Waals surface area contributed by atoms with Crippen LogP contribution < -0.4 is 11.5 Å². The van der Waals surface area contributed by atoms with Crippen molar-refractivity contribution < 1.29 is 63.3 Å². The Morgan fingerprint density at radius 3 is 1.06 bits per heavy atom. The second kappa shape index (κ2) is 49.4. The molecular formula is C56H106N2O13. The third-order valence-electron chi connectivity index (χ3n) is 13.4. The first-order chi connectivity index (χ1) is 34.3. The molecule has 0 rings (SSSR count). The number of hydrogen-bond donors (Lipinski definition) is 6. The predicted octanol–water partition coefficient (Wildman–Crippen LogP) is 11.6. The Hall–Kier alpha value is -2.85. The molecule has 0 spiro atoms. The van der Waals surface area contributed by atoms with Crippen LogP contribution in [0.2, 0.25) is 0 Å². The van der Waals surface area contributed by atoms with Gasteiger partial charge in [0.25, 0.3) is 0 Å². The van der Waals surface area contributed by atoms with Gasteiger partial charge in [0, 0.05) is 32.5 Å². The van der Waals surface area contributed by atoms with Crippen LogP contribution >= 0.6 is 0 Å². The number of unbranched alkanes of at least 4 members (excludes halogenated alkanes) is 26. The summed E-state index contributed by atoms with van der Waals surface area (Å²) >= 11 is 0. The summed E-state index contributed by atoms with van der Waals surface area (Å²) in [4.78, 5) is 58.7. The molecule has 15 nitrogen and oxygen atoms in total. The van der Waals surface area contributed by atoms with Gasteiger partial charge in [-0.25, -0.2) is 0 Å². The lowest BCUT2D eigenvalue weighted by Crippen LogP contribution is -2.33. The summed E-state index contributed by atoms with van der Waals surface area (Å²) in [7, 11) is 0. The van der Waals surface area contributed by atoms with E-state index in [4.69, 9.17) is 40.6 Å². The highest BCUT2D eigenvalue weighted by Gasteiger charge is 2.25. The lowest BCUT2D eigenvalue weighted by Gasteiger charge is -2.23. The van der Waals surface area contributed by atoms with E-state index in [1.165, 1.54) is 64.2 Å². The molecule has 0 radical (unpaired) electrons. The van der Waals surface area contributed by atoms with Gasteiger partial charge < -0.3 is 50.8 Å². The highest BCUT2D eigenvalue weighted by molar-refractivity contribution is 5.76. The van der Waals surface area contributed by atoms with Crippen molar-refractivity contribution in [3.63, 3.8) is 0 Å². The molecular weight excluding hydrogens is 909 g/mol. The lowest BCUT2D eigenvalue weighted by atomic mass is 9.99. The van der Waals surface area contributed by atoms with Crippen LogP contribution in [0.5, 0.6) is 0 Å². The Bertz CT molecular complexity index is 1290. The number of hydrogen-bond acceptors (Lipinski definition) is 13. The molecule has 0 amide bonds. The molecule has 15 heteroatoms. The Morgan fingerprint density at radius 1 is 0.366 bits per heavy atom. The summed E-state index contributed by atoms with van der Waals surface area (Å²) in [6, 6.07) is -2.20. The quantitative estimate of drug-likeness (QED) is 0.0188. The molecule has 0 heterocycles. The van der Waals surface area contributed by atoms with E-state index in [0.717, 1.165) is 148 Å². The summed E-state index contributed by atoms with van der Waals surface area (Å²) < 4.78 is 22.5. The monoisotopic (exact) mass is 1010 g/mol. The fourth-order valence-electron chi connectivity index (χ4n) is 8.68. The topological polar surface area (TPSA) is 255 Å². The van der Waals surface area contributed by atoms with Gasteiger partial charge in [0.2, 0.25) is 0 Å². The average molecular weight is 1020 g/mol. The minimum atomic E-state index is -1.15. The Labute approximate surface area is 430 Å². The Kier molecular flexibility index (Phi) is 47.4. The molecule has 0 aromatic rings. The van der Waals surface area contributed by atoms with E-state index in [9.17, 15) is 34.2 Å². The molecule has 0 bridgehead atoms. The van der Waals surface area contributed by atoms with Gasteiger partial charge in [0.1, 0.15) is 24.3 Å². The molecule has 6 atom stereocenters. The van der Waals surface area contributed by atoms with Gasteiger partial charge in [-0.05, 0) is 77.0 Å². The number of aliphatic carboxylic acids is 2. The number of carboxylic acids is 2. The Balaban J connectivity index is 3.67. The van der Waals surface area contributed by atoms with Crippen molar-refractivity contribution in [1.82, 2.24) is 0 Å². The summed E-state index contributed by atoms with van der Waals surface area (Å²) in [6.45, 7) is 6.40. The van der Waals surface area contributed by atoms with Crippen molar-refractivity contribution in [1.29, 1.82) is 0 Å². The molecule has 0 aromatic heterocycles. The number of esters is 3. The van der Waals surface area contributed by atoms with E-state index in [1.807, 2.05) is 0 Å². The van der Waals surface area contributed by atoms with Crippen molar-refractivity contribution in [2.24, 2.45) is 11.5 Å². The molecule has 418 valence electrons. The van der Waals surface area contributed by atoms with Crippen molar-refractivity contribution in [2.75, 3.05) is 19.8 Å². The molecule has 71 heavy (non-hydrogen) atoms. The molecule has 0 aliphatic heterocycles. The van der Waals surface area contributed by atoms with Crippen molar-refractivity contribution in [3.05, 3.63) is 0 Å². The number of aliphatic hydroxyl groups excluding tert-OH is 2. The molecule has 8 N–H and O–H groups in total. The summed E-state index contributed by atoms with van der Waals surface area (Å²) in [5, 5.41) is 39.3. The number of aliphatic hydroxyl groups is 2. The van der Waals surface area contributed by atoms with Gasteiger partial charge in [-0.15, -0.1) is 0 Å². The second-order valence-corrected chi connectivity index (χ2v) is 20.1. The zero-order valence-corrected chi connectivity index (χ0v) is 45.0. The number of carboxylic acid groups (broad SMARTS) is 2. The number of ether oxygens (including phenoxy) is 4. The van der Waals surface area contributed by atoms with Crippen molar-refractivity contribution in [3.8, 4) is 0 Å². The van der Waals surface area contributed by atoms with Gasteiger partial charge in [0.15, 0.2) is 0 Å². The Morgan fingerprint density at radius 2 is 0.676 bits per heavy atom. The molecule has 0 aromatic carbocycles. The molecule has 4 unspecified atom stereocenters. The van der Waals surface area contributed by atoms with Crippen LogP contribution in [-0.2, 0) is 42.9 Å². The number of nitrogens with two attached hydrogens (primary N) is 2. The van der Waals surface area contributed by atoms with Gasteiger partial charge in [-0.1, -0.05) is 174 Å². The fourth-order valence-corrected chi connectivity index (χ4v) is 8.68. The fraction of sp³-hybridized carbons (Fsp3) is 0.911. The smallest absolute Gasteiger partial charge is 0.320 e. The van der Waals surface area contributed by atoms with Gasteiger partial charge in [-0.3, -0.25) is 24.0 Å². The zero-order chi connectivity index (χ0) is 52.6. The van der Waals surface area contributed by atoms with E-state index in [-0.39, 0.29) is 31.7 Å². The molecule has 0 saturated carbocycles. The van der Waals surface area contributed by atoms with Crippen LogP contribution in [0, 0.1) is 0 Å². The van der Waals surface area contributed by atoms with Crippen LogP contribution in [0.4, 0.5) is 0 Å². The first kappa shape index (κ1) is 68.2. The normalized spacial score (nSPS) is 14.1. The second-order valence-electron chi connectivity index (χ2n) is 20.1. The maximum Gasteiger partial charge on any atom is 0.320 e. The molecule has 0 saturated heterocycles. The van der Waals surface area contributed by atoms with Gasteiger partial charge in [0.05, 0.1) is 18.8 Å². The van der Waals surface area contributed by atoms with Crippen LogP contribution in [0.15, 0.2) is 0 Å². The van der Waals surface area contributed by atoms with Crippen LogP contribution in [-0.4, -0.2) is 107 Å². The highest BCUT2D eigenvalue weighted by Crippen LogP contribution is 2.21. The van der Waals surface area contributed by atoms with Gasteiger partial charge in [-0.2, -0.15) is 0 Å². The first-order valence-electron chi connectivity index (χ1n) is 28.8. The number of rotatable bonds is 54. The largest absolute Gasteiger partial charge is 0.480 e. The minimum Gasteiger partial charge on any atom is -0.480 e. The third-order valence-corrected chi connectivity index (χ3v) is 13.4. The standard InChI is InChI=1S/C56H106N2O13/c1-3-5-26-34-48(59)51(71-54(63)42-40-47(58)56(66)67)37-29-21-15-8-7-11-17-23-31-43-68-44-32-24-18-12-13-19-25-33-45-69-52(61)38-30-22-16-10-9-14-20-28-35-49(60)50(36-27-6-4-2)70-53(62)41-39-46(57)55(64)65/h46-51,59-60H,3-45,57-58H2,1-2H3,(H,64,65)(H,66,67)/t46-,47+,48?,49?,50?,51?/m1/s1. The van der Waals surface area contributed by atoms with E-state index in [2.05, 4.69) is 13.8 Å². The summed E-state index contributed by atoms with van der Waals surface area (Å²) in [5.41, 5.74) is 11.0. The van der Waals surface area contributed by atoms with Crippen molar-refractivity contribution in [2.45, 2.75) is 307 Å². The van der Waals surface area contributed by atoms with E-state index in [0.29, 0.717) is 38.7 Å². The highest BCUT2D eigenvalue weighted by atomic mass is 16.6. The maximum absolute atomic E-state index is 12.3. The SMILES string of the molecule is CCCCCC(O)C(CCCCCCCCCCCOCCCCCCCCCCOC(=O)CCCCCCCCCCC(O)C(CCCCC)OC(=O)CC[C@@H](N)C(=O)O)OC(=O)CC[C@H](N)C(=O)O. The molecule has 0 aliphatic rings. The lowest BCUT2D eigenvalue weighted by molar-refractivity contribution is -0.157. The van der Waals surface area contributed by atoms with Crippen LogP contribution in [0.3, 0.4) is 0 Å². The summed E-state index contributed by atoms with van der Waals surface area (Å²) in [6.07, 6.45) is 33.5. The zero-order valence-electron chi connectivity index (χ0n) is 45.0. The van der Waals surface area contributed by atoms with Crippen molar-refractivity contribution >= 4 is 29.8 Å². The predicted molar refractivity (Wildman–Crippen MR) is 281 cm³/mol. The van der Waals surface area contributed by atoms with E-state index >= 15 is 0 Å². The van der Waals surface area contributed by atoms with Gasteiger partial charge >= 0.3 is 29.8 Å².